The number of hydrogen-bond acceptors (Lipinski definition) is 4. The molecule has 6 heteroatoms. The van der Waals surface area contributed by atoms with Crippen molar-refractivity contribution in [1.82, 2.24) is 7.06 Å². The quantitative estimate of drug-likeness (QED) is 0.270. The zero-order chi connectivity index (χ0) is 7.82. The number of halogens is 2. The molecule has 1 atom stereocenters. The summed E-state index contributed by atoms with van der Waals surface area (Å²) in [5, 5.41) is 9.05. The van der Waals surface area contributed by atoms with Crippen molar-refractivity contribution in [1.29, 1.82) is 0 Å². The van der Waals surface area contributed by atoms with Crippen LogP contribution >= 0.6 is 45.7 Å². The minimum absolute atomic E-state index is 0.367. The van der Waals surface area contributed by atoms with Crippen molar-refractivity contribution < 1.29 is 9.84 Å². The lowest BCUT2D eigenvalue weighted by atomic mass is 10.4. The van der Waals surface area contributed by atoms with E-state index in [-0.39, 0.29) is 0 Å². The molecule has 0 aromatic rings. The van der Waals surface area contributed by atoms with Crippen LogP contribution in [0.15, 0.2) is 0 Å². The molecule has 0 radical (unpaired) electrons. The summed E-state index contributed by atoms with van der Waals surface area (Å²) < 4.78 is 10.6. The third-order valence-corrected chi connectivity index (χ3v) is 1.53. The maximum absolute atomic E-state index is 9.05. The molecule has 0 aliphatic rings. The van der Waals surface area contributed by atoms with Crippen molar-refractivity contribution in [2.75, 3.05) is 19.9 Å². The maximum Gasteiger partial charge on any atom is 0.105 e. The van der Waals surface area contributed by atoms with E-state index in [1.165, 1.54) is 0 Å². The first-order valence-corrected chi connectivity index (χ1v) is 4.89. The smallest absolute Gasteiger partial charge is 0.105 e. The van der Waals surface area contributed by atoms with Gasteiger partial charge in [0, 0.05) is 52.3 Å². The molecule has 0 rings (SSSR count). The number of aliphatic hydroxyl groups is 1. The fraction of sp³-hybridized carbons (Fsp3) is 1.00. The van der Waals surface area contributed by atoms with E-state index in [9.17, 15) is 0 Å². The van der Waals surface area contributed by atoms with Crippen LogP contribution in [0.1, 0.15) is 0 Å². The second-order valence-electron chi connectivity index (χ2n) is 1.64. The Balaban J connectivity index is 2.97. The Labute approximate surface area is 88.1 Å². The molecule has 0 fully saturated rings. The summed E-state index contributed by atoms with van der Waals surface area (Å²) in [5.41, 5.74) is 0. The Bertz CT molecular complexity index is 76.3. The SMILES string of the molecule is OC(CNI)COCNI. The van der Waals surface area contributed by atoms with Gasteiger partial charge in [-0.1, -0.05) is 0 Å². The summed E-state index contributed by atoms with van der Waals surface area (Å²) in [6, 6.07) is 0. The van der Waals surface area contributed by atoms with Crippen molar-refractivity contribution in [3.8, 4) is 0 Å². The summed E-state index contributed by atoms with van der Waals surface area (Å²) in [7, 11) is 0. The average Bonchev–Trinajstić information content (AvgIpc) is 1.89. The third kappa shape index (κ3) is 7.41. The maximum atomic E-state index is 9.05. The topological polar surface area (TPSA) is 53.5 Å². The first-order valence-electron chi connectivity index (χ1n) is 2.74. The Morgan fingerprint density at radius 3 is 2.60 bits per heavy atom. The van der Waals surface area contributed by atoms with E-state index < -0.39 is 6.10 Å². The van der Waals surface area contributed by atoms with Crippen LogP contribution in [0.25, 0.3) is 0 Å². The molecule has 1 unspecified atom stereocenters. The van der Waals surface area contributed by atoms with E-state index in [4.69, 9.17) is 9.84 Å². The fourth-order valence-electron chi connectivity index (χ4n) is 0.382. The predicted octanol–water partition coefficient (Wildman–Crippen LogP) is 0.201. The van der Waals surface area contributed by atoms with Crippen molar-refractivity contribution in [3.63, 3.8) is 0 Å². The first-order chi connectivity index (χ1) is 4.81. The summed E-state index contributed by atoms with van der Waals surface area (Å²) in [6.45, 7) is 1.40. The number of hydrogen-bond donors (Lipinski definition) is 3. The molecule has 10 heavy (non-hydrogen) atoms. The standard InChI is InChI=1S/C4H10I2N2O2/c5-7-1-4(9)2-10-3-8-6/h4,7-9H,1-3H2. The fourth-order valence-corrected chi connectivity index (χ4v) is 1.11. The summed E-state index contributed by atoms with van der Waals surface area (Å²) in [6.07, 6.45) is -0.415. The zero-order valence-electron chi connectivity index (χ0n) is 5.31. The van der Waals surface area contributed by atoms with Crippen LogP contribution in [0.5, 0.6) is 0 Å². The molecule has 0 spiro atoms. The minimum Gasteiger partial charge on any atom is -0.389 e. The van der Waals surface area contributed by atoms with Crippen LogP contribution in [-0.4, -0.2) is 31.1 Å². The molecule has 0 saturated carbocycles. The van der Waals surface area contributed by atoms with E-state index in [0.29, 0.717) is 19.9 Å². The van der Waals surface area contributed by atoms with Gasteiger partial charge in [-0.15, -0.1) is 0 Å². The molecular weight excluding hydrogens is 362 g/mol. The Morgan fingerprint density at radius 2 is 2.10 bits per heavy atom. The van der Waals surface area contributed by atoms with Gasteiger partial charge in [-0.05, 0) is 0 Å². The van der Waals surface area contributed by atoms with Crippen LogP contribution in [0.2, 0.25) is 0 Å². The first kappa shape index (κ1) is 11.3. The third-order valence-electron chi connectivity index (χ3n) is 0.780. The van der Waals surface area contributed by atoms with E-state index in [1.54, 1.807) is 0 Å². The van der Waals surface area contributed by atoms with Gasteiger partial charge >= 0.3 is 0 Å². The number of ether oxygens (including phenoxy) is 1. The molecule has 62 valence electrons. The summed E-state index contributed by atoms with van der Waals surface area (Å²) in [5.74, 6) is 0. The van der Waals surface area contributed by atoms with Crippen LogP contribution in [0.3, 0.4) is 0 Å². The highest BCUT2D eigenvalue weighted by molar-refractivity contribution is 14.1. The lowest BCUT2D eigenvalue weighted by Gasteiger charge is -2.08. The molecule has 0 heterocycles. The Kier molecular flexibility index (Phi) is 9.49. The Hall–Kier alpha value is 1.30. The second kappa shape index (κ2) is 8.40. The zero-order valence-corrected chi connectivity index (χ0v) is 9.63. The monoisotopic (exact) mass is 372 g/mol. The normalized spacial score (nSPS) is 13.5. The lowest BCUT2D eigenvalue weighted by molar-refractivity contribution is 0.0407. The van der Waals surface area contributed by atoms with E-state index in [1.807, 2.05) is 45.7 Å². The van der Waals surface area contributed by atoms with Crippen molar-refractivity contribution in [2.45, 2.75) is 6.10 Å². The molecule has 0 aromatic heterocycles. The summed E-state index contributed by atoms with van der Waals surface area (Å²) >= 11 is 3.96. The van der Waals surface area contributed by atoms with Crippen molar-refractivity contribution >= 4 is 45.7 Å². The average molecular weight is 372 g/mol. The van der Waals surface area contributed by atoms with Gasteiger partial charge in [-0.25, -0.2) is 3.53 Å². The highest BCUT2D eigenvalue weighted by atomic mass is 127. The van der Waals surface area contributed by atoms with Gasteiger partial charge in [-0.3, -0.25) is 3.53 Å². The molecule has 0 aliphatic heterocycles. The van der Waals surface area contributed by atoms with Crippen LogP contribution in [0, 0.1) is 0 Å². The Morgan fingerprint density at radius 1 is 1.40 bits per heavy atom. The second-order valence-corrected chi connectivity index (χ2v) is 3.17. The highest BCUT2D eigenvalue weighted by Crippen LogP contribution is 1.84. The largest absolute Gasteiger partial charge is 0.389 e. The lowest BCUT2D eigenvalue weighted by Crippen LogP contribution is -2.26. The predicted molar refractivity (Wildman–Crippen MR) is 56.0 cm³/mol. The van der Waals surface area contributed by atoms with Gasteiger partial charge in [0.1, 0.15) is 6.73 Å². The van der Waals surface area contributed by atoms with E-state index >= 15 is 0 Å². The molecule has 4 nitrogen and oxygen atoms in total. The molecule has 0 bridgehead atoms. The van der Waals surface area contributed by atoms with Gasteiger partial charge < -0.3 is 9.84 Å². The van der Waals surface area contributed by atoms with Crippen LogP contribution in [0.4, 0.5) is 0 Å². The molecule has 0 amide bonds. The van der Waals surface area contributed by atoms with E-state index in [2.05, 4.69) is 7.06 Å². The van der Waals surface area contributed by atoms with Crippen LogP contribution in [-0.2, 0) is 4.74 Å². The number of nitrogens with one attached hydrogen (secondary N) is 2. The van der Waals surface area contributed by atoms with Gasteiger partial charge in [0.25, 0.3) is 0 Å². The molecular formula is C4H10I2N2O2. The number of aliphatic hydroxyl groups excluding tert-OH is 1. The number of rotatable bonds is 6. The molecule has 0 saturated heterocycles. The molecule has 0 aliphatic carbocycles. The van der Waals surface area contributed by atoms with Gasteiger partial charge in [0.05, 0.1) is 12.7 Å². The van der Waals surface area contributed by atoms with E-state index in [0.717, 1.165) is 0 Å². The molecule has 0 aromatic carbocycles. The highest BCUT2D eigenvalue weighted by Gasteiger charge is 2.00. The van der Waals surface area contributed by atoms with Crippen molar-refractivity contribution in [2.24, 2.45) is 0 Å². The van der Waals surface area contributed by atoms with Gasteiger partial charge in [-0.2, -0.15) is 0 Å². The van der Waals surface area contributed by atoms with Crippen LogP contribution < -0.4 is 7.06 Å². The molecule has 3 N–H and O–H groups in total. The van der Waals surface area contributed by atoms with Gasteiger partial charge in [0.15, 0.2) is 0 Å². The summed E-state index contributed by atoms with van der Waals surface area (Å²) in [4.78, 5) is 0. The minimum atomic E-state index is -0.415. The van der Waals surface area contributed by atoms with Gasteiger partial charge in [0.2, 0.25) is 0 Å². The van der Waals surface area contributed by atoms with Crippen molar-refractivity contribution in [3.05, 3.63) is 0 Å².